The molecule has 0 bridgehead atoms. The molecule has 28 heavy (non-hydrogen) atoms. The quantitative estimate of drug-likeness (QED) is 0.484. The summed E-state index contributed by atoms with van der Waals surface area (Å²) in [4.78, 5) is 6.29. The smallest absolute Gasteiger partial charge is 0.235 e. The maximum Gasteiger partial charge on any atom is 0.235 e. The molecule has 3 aromatic carbocycles. The average Bonchev–Trinajstić information content (AvgIpc) is 2.71. The Bertz CT molecular complexity index is 1130. The Kier molecular flexibility index (Phi) is 4.58. The van der Waals surface area contributed by atoms with Crippen LogP contribution in [0.4, 0.5) is 0 Å². The third-order valence-corrected chi connectivity index (χ3v) is 4.88. The van der Waals surface area contributed by atoms with Crippen LogP contribution >= 0.6 is 0 Å². The second-order valence-corrected chi connectivity index (χ2v) is 7.19. The van der Waals surface area contributed by atoms with Crippen LogP contribution in [0.3, 0.4) is 0 Å². The molecule has 3 aromatic rings. The molecular weight excluding hydrogens is 346 g/mol. The van der Waals surface area contributed by atoms with E-state index in [0.29, 0.717) is 11.5 Å². The van der Waals surface area contributed by atoms with Gasteiger partial charge in [0.2, 0.25) is 5.88 Å². The van der Waals surface area contributed by atoms with E-state index in [2.05, 4.69) is 60.4 Å². The lowest BCUT2D eigenvalue weighted by Crippen LogP contribution is -2.17. The van der Waals surface area contributed by atoms with Crippen molar-refractivity contribution in [3.8, 4) is 11.8 Å². The molecule has 0 saturated carbocycles. The predicted octanol–water partition coefficient (Wildman–Crippen LogP) is 5.00. The fourth-order valence-electron chi connectivity index (χ4n) is 3.51. The number of allylic oxidation sites excluding steroid dienone is 1. The summed E-state index contributed by atoms with van der Waals surface area (Å²) in [6, 6.07) is 22.9. The molecule has 1 aliphatic heterocycles. The van der Waals surface area contributed by atoms with E-state index in [0.717, 1.165) is 27.6 Å². The standard InChI is InChI=1S/C24H21N3O/c1-16-8-10-18(11-9-16)22-20-13-12-17-6-4-5-7-19(17)23(20)28-24(21(22)14-25)26-15-27(2)3/h4-13,15,22H,1-3H3. The minimum absolute atomic E-state index is 0.215. The van der Waals surface area contributed by atoms with Gasteiger partial charge in [0.15, 0.2) is 0 Å². The Balaban J connectivity index is 1.99. The van der Waals surface area contributed by atoms with Gasteiger partial charge >= 0.3 is 0 Å². The number of ether oxygens (including phenoxy) is 1. The Morgan fingerprint density at radius 1 is 1.04 bits per heavy atom. The van der Waals surface area contributed by atoms with E-state index >= 15 is 0 Å². The Hall–Kier alpha value is -3.58. The van der Waals surface area contributed by atoms with Gasteiger partial charge in [-0.2, -0.15) is 5.26 Å². The van der Waals surface area contributed by atoms with Crippen molar-refractivity contribution in [2.75, 3.05) is 14.1 Å². The van der Waals surface area contributed by atoms with E-state index in [-0.39, 0.29) is 5.92 Å². The highest BCUT2D eigenvalue weighted by molar-refractivity contribution is 5.91. The first-order chi connectivity index (χ1) is 13.6. The van der Waals surface area contributed by atoms with Crippen molar-refractivity contribution in [3.05, 3.63) is 88.8 Å². The molecule has 0 amide bonds. The van der Waals surface area contributed by atoms with Gasteiger partial charge in [-0.3, -0.25) is 0 Å². The number of fused-ring (bicyclic) bond motifs is 3. The molecule has 0 saturated heterocycles. The number of nitrogens with zero attached hydrogens (tertiary/aromatic N) is 3. The number of hydrogen-bond donors (Lipinski definition) is 0. The van der Waals surface area contributed by atoms with Crippen LogP contribution in [0.5, 0.6) is 5.75 Å². The van der Waals surface area contributed by atoms with Crippen molar-refractivity contribution < 1.29 is 4.74 Å². The molecular formula is C24H21N3O. The highest BCUT2D eigenvalue weighted by Crippen LogP contribution is 2.46. The van der Waals surface area contributed by atoms with Crippen molar-refractivity contribution in [1.82, 2.24) is 4.90 Å². The SMILES string of the molecule is Cc1ccc(C2C(C#N)=C(N=CN(C)C)Oc3c2ccc2ccccc32)cc1. The molecule has 0 radical (unpaired) electrons. The van der Waals surface area contributed by atoms with Gasteiger partial charge in [-0.15, -0.1) is 0 Å². The van der Waals surface area contributed by atoms with Crippen molar-refractivity contribution in [2.45, 2.75) is 12.8 Å². The number of nitriles is 1. The van der Waals surface area contributed by atoms with Gasteiger partial charge in [0.05, 0.1) is 12.3 Å². The van der Waals surface area contributed by atoms with Gasteiger partial charge in [0, 0.05) is 25.0 Å². The van der Waals surface area contributed by atoms with E-state index in [1.807, 2.05) is 37.2 Å². The van der Waals surface area contributed by atoms with Crippen molar-refractivity contribution >= 4 is 17.1 Å². The molecule has 0 aliphatic carbocycles. The van der Waals surface area contributed by atoms with Crippen molar-refractivity contribution in [1.29, 1.82) is 5.26 Å². The number of rotatable bonds is 3. The molecule has 0 fully saturated rings. The number of aliphatic imine (C=N–C) groups is 1. The summed E-state index contributed by atoms with van der Waals surface area (Å²) in [5.74, 6) is 0.910. The van der Waals surface area contributed by atoms with Gasteiger partial charge in [0.25, 0.3) is 0 Å². The van der Waals surface area contributed by atoms with Gasteiger partial charge < -0.3 is 9.64 Å². The molecule has 138 valence electrons. The zero-order valence-corrected chi connectivity index (χ0v) is 16.2. The number of hydrogen-bond acceptors (Lipinski definition) is 3. The summed E-state index contributed by atoms with van der Waals surface area (Å²) in [7, 11) is 3.78. The normalized spacial score (nSPS) is 16.0. The summed E-state index contributed by atoms with van der Waals surface area (Å²) in [6.45, 7) is 2.06. The summed E-state index contributed by atoms with van der Waals surface area (Å²) in [5, 5.41) is 12.1. The minimum Gasteiger partial charge on any atom is -0.437 e. The molecule has 0 N–H and O–H groups in total. The van der Waals surface area contributed by atoms with Crippen LogP contribution in [-0.4, -0.2) is 25.3 Å². The second-order valence-electron chi connectivity index (χ2n) is 7.19. The lowest BCUT2D eigenvalue weighted by atomic mass is 9.82. The fraction of sp³-hybridized carbons (Fsp3) is 0.167. The monoisotopic (exact) mass is 367 g/mol. The van der Waals surface area contributed by atoms with Crippen LogP contribution in [0.25, 0.3) is 10.8 Å². The molecule has 0 aromatic heterocycles. The molecule has 1 unspecified atom stereocenters. The molecule has 1 atom stereocenters. The third-order valence-electron chi connectivity index (χ3n) is 4.88. The summed E-state index contributed by atoms with van der Waals surface area (Å²) in [5.41, 5.74) is 3.75. The molecule has 4 heteroatoms. The van der Waals surface area contributed by atoms with Gasteiger partial charge in [-0.25, -0.2) is 4.99 Å². The first-order valence-corrected chi connectivity index (χ1v) is 9.19. The minimum atomic E-state index is -0.215. The van der Waals surface area contributed by atoms with Crippen LogP contribution in [-0.2, 0) is 0 Å². The van der Waals surface area contributed by atoms with Gasteiger partial charge in [0.1, 0.15) is 17.4 Å². The van der Waals surface area contributed by atoms with Gasteiger partial charge in [-0.05, 0) is 17.9 Å². The zero-order valence-electron chi connectivity index (χ0n) is 16.2. The largest absolute Gasteiger partial charge is 0.437 e. The van der Waals surface area contributed by atoms with E-state index in [9.17, 15) is 5.26 Å². The van der Waals surface area contributed by atoms with Crippen molar-refractivity contribution in [2.24, 2.45) is 4.99 Å². The maximum absolute atomic E-state index is 9.98. The molecule has 1 heterocycles. The van der Waals surface area contributed by atoms with Gasteiger partial charge in [-0.1, -0.05) is 66.2 Å². The van der Waals surface area contributed by atoms with Crippen LogP contribution in [0.2, 0.25) is 0 Å². The number of aryl methyl sites for hydroxylation is 1. The van der Waals surface area contributed by atoms with Crippen LogP contribution < -0.4 is 4.74 Å². The topological polar surface area (TPSA) is 48.6 Å². The van der Waals surface area contributed by atoms with Crippen LogP contribution in [0, 0.1) is 18.3 Å². The zero-order chi connectivity index (χ0) is 19.7. The highest BCUT2D eigenvalue weighted by Gasteiger charge is 2.32. The van der Waals surface area contributed by atoms with E-state index in [4.69, 9.17) is 4.74 Å². The summed E-state index contributed by atoms with van der Waals surface area (Å²) in [6.07, 6.45) is 1.66. The second kappa shape index (κ2) is 7.21. The number of benzene rings is 3. The molecule has 1 aliphatic rings. The van der Waals surface area contributed by atoms with Crippen molar-refractivity contribution in [3.63, 3.8) is 0 Å². The van der Waals surface area contributed by atoms with Crippen LogP contribution in [0.1, 0.15) is 22.6 Å². The highest BCUT2D eigenvalue weighted by atomic mass is 16.5. The maximum atomic E-state index is 9.98. The first-order valence-electron chi connectivity index (χ1n) is 9.19. The molecule has 4 nitrogen and oxygen atoms in total. The first kappa shape index (κ1) is 17.8. The Morgan fingerprint density at radius 2 is 1.79 bits per heavy atom. The summed E-state index contributed by atoms with van der Waals surface area (Å²) < 4.78 is 6.21. The summed E-state index contributed by atoms with van der Waals surface area (Å²) >= 11 is 0. The molecule has 4 rings (SSSR count). The lowest BCUT2D eigenvalue weighted by Gasteiger charge is -2.27. The van der Waals surface area contributed by atoms with Crippen LogP contribution in [0.15, 0.2) is 77.1 Å². The Labute approximate surface area is 165 Å². The molecule has 0 spiro atoms. The predicted molar refractivity (Wildman–Crippen MR) is 112 cm³/mol. The lowest BCUT2D eigenvalue weighted by molar-refractivity contribution is 0.398. The fourth-order valence-corrected chi connectivity index (χ4v) is 3.51. The van der Waals surface area contributed by atoms with E-state index in [1.54, 1.807) is 6.34 Å². The third kappa shape index (κ3) is 3.12. The Morgan fingerprint density at radius 3 is 2.50 bits per heavy atom. The van der Waals surface area contributed by atoms with E-state index in [1.165, 1.54) is 5.56 Å². The van der Waals surface area contributed by atoms with E-state index < -0.39 is 0 Å². The average molecular weight is 367 g/mol.